The summed E-state index contributed by atoms with van der Waals surface area (Å²) in [4.78, 5) is 0. The van der Waals surface area contributed by atoms with Crippen LogP contribution in [0, 0.1) is 4.64 Å². The highest BCUT2D eigenvalue weighted by atomic mass is 32.1. The van der Waals surface area contributed by atoms with Crippen molar-refractivity contribution in [2.45, 2.75) is 13.0 Å². The Morgan fingerprint density at radius 3 is 2.73 bits per heavy atom. The molecule has 0 fully saturated rings. The van der Waals surface area contributed by atoms with Crippen LogP contribution in [0.25, 0.3) is 5.69 Å². The Labute approximate surface area is 133 Å². The van der Waals surface area contributed by atoms with Crippen molar-refractivity contribution in [2.24, 2.45) is 0 Å². The Balaban J connectivity index is 1.73. The summed E-state index contributed by atoms with van der Waals surface area (Å²) in [7, 11) is 1.63. The minimum absolute atomic E-state index is 0.695. The van der Waals surface area contributed by atoms with Crippen molar-refractivity contribution >= 4 is 12.2 Å². The molecule has 0 spiro atoms. The number of hydrogen-bond acceptors (Lipinski definition) is 4. The lowest BCUT2D eigenvalue weighted by Crippen LogP contribution is -2.04. The maximum Gasteiger partial charge on any atom is 0.153 e. The lowest BCUT2D eigenvalue weighted by molar-refractivity contribution is 0.406. The van der Waals surface area contributed by atoms with Gasteiger partial charge in [0.25, 0.3) is 0 Å². The molecule has 0 aliphatic rings. The largest absolute Gasteiger partial charge is 0.494 e. The molecule has 0 aliphatic carbocycles. The van der Waals surface area contributed by atoms with E-state index in [2.05, 4.69) is 10.3 Å². The molecule has 0 atom stereocenters. The summed E-state index contributed by atoms with van der Waals surface area (Å²) in [5.41, 5.74) is 1.92. The average Bonchev–Trinajstić information content (AvgIpc) is 3.04. The molecule has 0 N–H and O–H groups in total. The van der Waals surface area contributed by atoms with Crippen LogP contribution in [0.3, 0.4) is 0 Å². The fourth-order valence-electron chi connectivity index (χ4n) is 2.20. The highest BCUT2D eigenvalue weighted by Crippen LogP contribution is 2.13. The fraction of sp³-hybridized carbons (Fsp3) is 0.188. The molecule has 0 aliphatic heterocycles. The first-order chi connectivity index (χ1) is 10.8. The van der Waals surface area contributed by atoms with Gasteiger partial charge in [-0.25, -0.2) is 4.68 Å². The summed E-state index contributed by atoms with van der Waals surface area (Å²) in [6.07, 6.45) is 4.65. The van der Waals surface area contributed by atoms with Crippen LogP contribution in [-0.2, 0) is 13.0 Å². The lowest BCUT2D eigenvalue weighted by Gasteiger charge is -2.08. The third-order valence-corrected chi connectivity index (χ3v) is 3.81. The number of nitrogens with zero attached hydrogens (tertiary/aromatic N) is 4. The second kappa shape index (κ2) is 6.53. The van der Waals surface area contributed by atoms with E-state index in [4.69, 9.17) is 17.0 Å². The summed E-state index contributed by atoms with van der Waals surface area (Å²) >= 11 is 5.39. The van der Waals surface area contributed by atoms with E-state index >= 15 is 0 Å². The molecule has 0 saturated carbocycles. The van der Waals surface area contributed by atoms with Crippen LogP contribution in [0.2, 0.25) is 0 Å². The quantitative estimate of drug-likeness (QED) is 0.679. The van der Waals surface area contributed by atoms with E-state index in [9.17, 15) is 0 Å². The SMILES string of the molecule is COc1cccn(CCc2cn(-c3ccccc3)nn2)c1=S. The van der Waals surface area contributed by atoms with Crippen molar-refractivity contribution in [2.75, 3.05) is 7.11 Å². The number of hydrogen-bond donors (Lipinski definition) is 0. The zero-order chi connectivity index (χ0) is 15.4. The van der Waals surface area contributed by atoms with Gasteiger partial charge in [0.05, 0.1) is 24.7 Å². The third-order valence-electron chi connectivity index (χ3n) is 3.38. The van der Waals surface area contributed by atoms with Gasteiger partial charge in [-0.15, -0.1) is 5.10 Å². The van der Waals surface area contributed by atoms with Crippen molar-refractivity contribution in [1.29, 1.82) is 0 Å². The molecule has 6 heteroatoms. The molecular weight excluding hydrogens is 296 g/mol. The van der Waals surface area contributed by atoms with Crippen LogP contribution in [0.15, 0.2) is 54.9 Å². The average molecular weight is 312 g/mol. The topological polar surface area (TPSA) is 44.9 Å². The number of rotatable bonds is 5. The predicted molar refractivity (Wildman–Crippen MR) is 86.9 cm³/mol. The van der Waals surface area contributed by atoms with E-state index in [1.807, 2.05) is 59.4 Å². The number of para-hydroxylation sites is 1. The zero-order valence-corrected chi connectivity index (χ0v) is 13.0. The summed E-state index contributed by atoms with van der Waals surface area (Å²) < 4.78 is 9.70. The summed E-state index contributed by atoms with van der Waals surface area (Å²) in [6, 6.07) is 13.7. The molecule has 1 aromatic carbocycles. The standard InChI is InChI=1S/C16H16N4OS/c1-21-15-8-5-10-19(16(15)22)11-9-13-12-20(18-17-13)14-6-3-2-4-7-14/h2-8,10,12H,9,11H2,1H3. The van der Waals surface area contributed by atoms with Gasteiger partial charge in [-0.3, -0.25) is 0 Å². The Bertz CT molecular complexity index is 810. The molecule has 2 heterocycles. The number of aryl methyl sites for hydroxylation is 2. The molecule has 3 rings (SSSR count). The monoisotopic (exact) mass is 312 g/mol. The highest BCUT2D eigenvalue weighted by Gasteiger charge is 2.04. The minimum atomic E-state index is 0.695. The molecule has 112 valence electrons. The van der Waals surface area contributed by atoms with Gasteiger partial charge in [-0.2, -0.15) is 0 Å². The maximum absolute atomic E-state index is 5.39. The Hall–Kier alpha value is -2.47. The number of ether oxygens (including phenoxy) is 1. The minimum Gasteiger partial charge on any atom is -0.494 e. The molecule has 0 bridgehead atoms. The number of pyridine rings is 1. The smallest absolute Gasteiger partial charge is 0.153 e. The first-order valence-corrected chi connectivity index (χ1v) is 7.39. The highest BCUT2D eigenvalue weighted by molar-refractivity contribution is 7.71. The van der Waals surface area contributed by atoms with Gasteiger partial charge in [0.15, 0.2) is 5.75 Å². The second-order valence-electron chi connectivity index (χ2n) is 4.82. The molecule has 0 amide bonds. The number of aromatic nitrogens is 4. The van der Waals surface area contributed by atoms with Gasteiger partial charge in [0.2, 0.25) is 0 Å². The van der Waals surface area contributed by atoms with E-state index in [0.29, 0.717) is 10.4 Å². The van der Waals surface area contributed by atoms with Crippen molar-refractivity contribution in [3.63, 3.8) is 0 Å². The van der Waals surface area contributed by atoms with Gasteiger partial charge in [0.1, 0.15) is 4.64 Å². The van der Waals surface area contributed by atoms with Gasteiger partial charge in [-0.05, 0) is 24.3 Å². The van der Waals surface area contributed by atoms with E-state index in [1.165, 1.54) is 0 Å². The molecular formula is C16H16N4OS. The van der Waals surface area contributed by atoms with Crippen LogP contribution in [0.5, 0.6) is 5.75 Å². The Morgan fingerprint density at radius 1 is 1.14 bits per heavy atom. The fourth-order valence-corrected chi connectivity index (χ4v) is 2.50. The number of methoxy groups -OCH3 is 1. The van der Waals surface area contributed by atoms with E-state index in [1.54, 1.807) is 11.8 Å². The van der Waals surface area contributed by atoms with E-state index in [0.717, 1.165) is 24.3 Å². The van der Waals surface area contributed by atoms with Crippen LogP contribution >= 0.6 is 12.2 Å². The molecule has 2 aromatic heterocycles. The number of benzene rings is 1. The van der Waals surface area contributed by atoms with Crippen LogP contribution in [0.1, 0.15) is 5.69 Å². The normalized spacial score (nSPS) is 10.6. The molecule has 22 heavy (non-hydrogen) atoms. The van der Waals surface area contributed by atoms with Crippen LogP contribution in [0.4, 0.5) is 0 Å². The second-order valence-corrected chi connectivity index (χ2v) is 5.20. The third kappa shape index (κ3) is 3.07. The predicted octanol–water partition coefficient (Wildman–Crippen LogP) is 3.05. The summed E-state index contributed by atoms with van der Waals surface area (Å²) in [6.45, 7) is 0.740. The Morgan fingerprint density at radius 2 is 1.95 bits per heavy atom. The van der Waals surface area contributed by atoms with E-state index < -0.39 is 0 Å². The summed E-state index contributed by atoms with van der Waals surface area (Å²) in [5.74, 6) is 0.713. The van der Waals surface area contributed by atoms with Crippen LogP contribution in [-0.4, -0.2) is 26.7 Å². The van der Waals surface area contributed by atoms with Gasteiger partial charge in [0, 0.05) is 19.2 Å². The lowest BCUT2D eigenvalue weighted by atomic mass is 10.3. The first kappa shape index (κ1) is 14.5. The van der Waals surface area contributed by atoms with Gasteiger partial charge >= 0.3 is 0 Å². The maximum atomic E-state index is 5.39. The van der Waals surface area contributed by atoms with Crippen LogP contribution < -0.4 is 4.74 Å². The molecule has 3 aromatic rings. The zero-order valence-electron chi connectivity index (χ0n) is 12.2. The molecule has 0 unspecified atom stereocenters. The van der Waals surface area contributed by atoms with Crippen molar-refractivity contribution < 1.29 is 4.74 Å². The van der Waals surface area contributed by atoms with E-state index in [-0.39, 0.29) is 0 Å². The molecule has 0 saturated heterocycles. The van der Waals surface area contributed by atoms with Gasteiger partial charge in [-0.1, -0.05) is 35.6 Å². The first-order valence-electron chi connectivity index (χ1n) is 6.98. The van der Waals surface area contributed by atoms with Crippen molar-refractivity contribution in [3.05, 3.63) is 65.2 Å². The molecule has 0 radical (unpaired) electrons. The van der Waals surface area contributed by atoms with Gasteiger partial charge < -0.3 is 9.30 Å². The summed E-state index contributed by atoms with van der Waals surface area (Å²) in [5, 5.41) is 8.38. The van der Waals surface area contributed by atoms with Crippen molar-refractivity contribution in [3.8, 4) is 11.4 Å². The Kier molecular flexibility index (Phi) is 4.29. The molecule has 5 nitrogen and oxygen atoms in total. The van der Waals surface area contributed by atoms with Crippen molar-refractivity contribution in [1.82, 2.24) is 19.6 Å².